The third-order valence-corrected chi connectivity index (χ3v) is 3.14. The first-order valence-corrected chi connectivity index (χ1v) is 6.67. The molecule has 3 heteroatoms. The van der Waals surface area contributed by atoms with Crippen LogP contribution in [0.4, 0.5) is 11.4 Å². The monoisotopic (exact) mass is 268 g/mol. The molecular formula is C17H20N2O. The maximum Gasteiger partial charge on any atom is 0.221 e. The van der Waals surface area contributed by atoms with Crippen LogP contribution in [0.5, 0.6) is 0 Å². The lowest BCUT2D eigenvalue weighted by Gasteiger charge is -2.12. The lowest BCUT2D eigenvalue weighted by atomic mass is 10.0. The highest BCUT2D eigenvalue weighted by Crippen LogP contribution is 2.17. The van der Waals surface area contributed by atoms with Crippen molar-refractivity contribution in [1.82, 2.24) is 0 Å². The summed E-state index contributed by atoms with van der Waals surface area (Å²) in [7, 11) is 4.07. The maximum atomic E-state index is 11.0. The van der Waals surface area contributed by atoms with Crippen molar-refractivity contribution in [3.05, 3.63) is 59.7 Å². The van der Waals surface area contributed by atoms with E-state index < -0.39 is 0 Å². The Hall–Kier alpha value is -2.29. The molecule has 1 amide bonds. The average molecular weight is 268 g/mol. The van der Waals surface area contributed by atoms with Crippen molar-refractivity contribution in [3.63, 3.8) is 0 Å². The maximum absolute atomic E-state index is 11.0. The van der Waals surface area contributed by atoms with Crippen molar-refractivity contribution in [2.45, 2.75) is 13.3 Å². The second-order valence-corrected chi connectivity index (χ2v) is 5.12. The van der Waals surface area contributed by atoms with E-state index in [0.29, 0.717) is 0 Å². The van der Waals surface area contributed by atoms with Crippen molar-refractivity contribution in [1.29, 1.82) is 0 Å². The molecule has 0 atom stereocenters. The number of hydrogen-bond donors (Lipinski definition) is 1. The first kappa shape index (κ1) is 14.1. The van der Waals surface area contributed by atoms with Crippen LogP contribution in [-0.2, 0) is 11.2 Å². The van der Waals surface area contributed by atoms with Crippen molar-refractivity contribution in [3.8, 4) is 0 Å². The molecule has 104 valence electrons. The number of nitrogens with zero attached hydrogens (tertiary/aromatic N) is 1. The topological polar surface area (TPSA) is 32.3 Å². The molecule has 0 aliphatic rings. The predicted molar refractivity (Wildman–Crippen MR) is 84.3 cm³/mol. The Bertz CT molecular complexity index is 571. The Balaban J connectivity index is 2.04. The van der Waals surface area contributed by atoms with E-state index in [9.17, 15) is 4.79 Å². The minimum atomic E-state index is -0.0444. The molecule has 0 aliphatic carbocycles. The molecule has 0 saturated carbocycles. The molecule has 2 aromatic carbocycles. The number of benzene rings is 2. The normalized spacial score (nSPS) is 10.2. The van der Waals surface area contributed by atoms with Gasteiger partial charge in [0.05, 0.1) is 0 Å². The number of carbonyl (C=O) groups excluding carboxylic acids is 1. The van der Waals surface area contributed by atoms with Gasteiger partial charge in [-0.3, -0.25) is 4.79 Å². The molecule has 0 aromatic heterocycles. The van der Waals surface area contributed by atoms with Gasteiger partial charge in [-0.25, -0.2) is 0 Å². The molecule has 0 heterocycles. The molecule has 2 aromatic rings. The molecule has 0 bridgehead atoms. The largest absolute Gasteiger partial charge is 0.378 e. The van der Waals surface area contributed by atoms with Gasteiger partial charge in [-0.1, -0.05) is 24.3 Å². The Labute approximate surface area is 120 Å². The quantitative estimate of drug-likeness (QED) is 0.922. The summed E-state index contributed by atoms with van der Waals surface area (Å²) in [5, 5.41) is 2.77. The SMILES string of the molecule is CC(=O)Nc1ccc(Cc2ccc(N(C)C)cc2)cc1. The van der Waals surface area contributed by atoms with Crippen LogP contribution in [0, 0.1) is 0 Å². The summed E-state index contributed by atoms with van der Waals surface area (Å²) >= 11 is 0. The van der Waals surface area contributed by atoms with Crippen LogP contribution in [0.1, 0.15) is 18.1 Å². The number of rotatable bonds is 4. The lowest BCUT2D eigenvalue weighted by molar-refractivity contribution is -0.114. The van der Waals surface area contributed by atoms with E-state index >= 15 is 0 Å². The first-order chi connectivity index (χ1) is 9.54. The molecule has 0 fully saturated rings. The van der Waals surface area contributed by atoms with Gasteiger partial charge in [0.1, 0.15) is 0 Å². The van der Waals surface area contributed by atoms with Gasteiger partial charge in [-0.05, 0) is 41.8 Å². The van der Waals surface area contributed by atoms with E-state index in [2.05, 4.69) is 34.5 Å². The molecular weight excluding hydrogens is 248 g/mol. The second-order valence-electron chi connectivity index (χ2n) is 5.12. The summed E-state index contributed by atoms with van der Waals surface area (Å²) in [5.41, 5.74) is 4.55. The van der Waals surface area contributed by atoms with Crippen LogP contribution in [0.15, 0.2) is 48.5 Å². The summed E-state index contributed by atoms with van der Waals surface area (Å²) in [6, 6.07) is 16.5. The van der Waals surface area contributed by atoms with Crippen LogP contribution in [0.2, 0.25) is 0 Å². The fourth-order valence-electron chi connectivity index (χ4n) is 2.06. The van der Waals surface area contributed by atoms with Gasteiger partial charge in [-0.15, -0.1) is 0 Å². The Morgan fingerprint density at radius 2 is 1.45 bits per heavy atom. The molecule has 20 heavy (non-hydrogen) atoms. The van der Waals surface area contributed by atoms with Gasteiger partial charge >= 0.3 is 0 Å². The van der Waals surface area contributed by atoms with Gasteiger partial charge in [0.25, 0.3) is 0 Å². The smallest absolute Gasteiger partial charge is 0.221 e. The van der Waals surface area contributed by atoms with E-state index in [1.807, 2.05) is 38.4 Å². The molecule has 0 saturated heterocycles. The highest BCUT2D eigenvalue weighted by atomic mass is 16.1. The third-order valence-electron chi connectivity index (χ3n) is 3.14. The summed E-state index contributed by atoms with van der Waals surface area (Å²) < 4.78 is 0. The second kappa shape index (κ2) is 6.24. The molecule has 0 aliphatic heterocycles. The third kappa shape index (κ3) is 3.85. The van der Waals surface area contributed by atoms with Crippen LogP contribution in [0.25, 0.3) is 0 Å². The molecule has 1 N–H and O–H groups in total. The highest BCUT2D eigenvalue weighted by molar-refractivity contribution is 5.88. The average Bonchev–Trinajstić information content (AvgIpc) is 2.41. The van der Waals surface area contributed by atoms with Crippen LogP contribution in [-0.4, -0.2) is 20.0 Å². The van der Waals surface area contributed by atoms with Crippen molar-refractivity contribution in [2.75, 3.05) is 24.3 Å². The zero-order chi connectivity index (χ0) is 14.5. The fourth-order valence-corrected chi connectivity index (χ4v) is 2.06. The molecule has 0 spiro atoms. The number of anilines is 2. The molecule has 0 radical (unpaired) electrons. The summed E-state index contributed by atoms with van der Waals surface area (Å²) in [4.78, 5) is 13.1. The zero-order valence-electron chi connectivity index (χ0n) is 12.2. The van der Waals surface area contributed by atoms with Gasteiger partial charge in [0, 0.05) is 32.4 Å². The molecule has 3 nitrogen and oxygen atoms in total. The number of nitrogens with one attached hydrogen (secondary N) is 1. The number of hydrogen-bond acceptors (Lipinski definition) is 2. The molecule has 2 rings (SSSR count). The summed E-state index contributed by atoms with van der Waals surface area (Å²) in [5.74, 6) is -0.0444. The Morgan fingerprint density at radius 3 is 1.90 bits per heavy atom. The standard InChI is InChI=1S/C17H20N2O/c1-13(20)18-16-8-4-14(5-9-16)12-15-6-10-17(11-7-15)19(2)3/h4-11H,12H2,1-3H3,(H,18,20). The Morgan fingerprint density at radius 1 is 0.950 bits per heavy atom. The summed E-state index contributed by atoms with van der Waals surface area (Å²) in [6.45, 7) is 1.51. The fraction of sp³-hybridized carbons (Fsp3) is 0.235. The summed E-state index contributed by atoms with van der Waals surface area (Å²) in [6.07, 6.45) is 0.897. The van der Waals surface area contributed by atoms with E-state index in [1.165, 1.54) is 23.7 Å². The highest BCUT2D eigenvalue weighted by Gasteiger charge is 2.00. The van der Waals surface area contributed by atoms with Crippen LogP contribution < -0.4 is 10.2 Å². The zero-order valence-corrected chi connectivity index (χ0v) is 12.2. The minimum Gasteiger partial charge on any atom is -0.378 e. The van der Waals surface area contributed by atoms with Gasteiger partial charge in [0.2, 0.25) is 5.91 Å². The van der Waals surface area contributed by atoms with Crippen molar-refractivity contribution in [2.24, 2.45) is 0 Å². The lowest BCUT2D eigenvalue weighted by Crippen LogP contribution is -2.08. The van der Waals surface area contributed by atoms with E-state index in [-0.39, 0.29) is 5.91 Å². The van der Waals surface area contributed by atoms with Crippen LogP contribution >= 0.6 is 0 Å². The van der Waals surface area contributed by atoms with Crippen molar-refractivity contribution < 1.29 is 4.79 Å². The van der Waals surface area contributed by atoms with Crippen molar-refractivity contribution >= 4 is 17.3 Å². The van der Waals surface area contributed by atoms with Gasteiger partial charge in [-0.2, -0.15) is 0 Å². The van der Waals surface area contributed by atoms with Gasteiger partial charge in [0.15, 0.2) is 0 Å². The first-order valence-electron chi connectivity index (χ1n) is 6.67. The van der Waals surface area contributed by atoms with E-state index in [4.69, 9.17) is 0 Å². The Kier molecular flexibility index (Phi) is 4.41. The predicted octanol–water partition coefficient (Wildman–Crippen LogP) is 3.30. The molecule has 0 unspecified atom stereocenters. The van der Waals surface area contributed by atoms with E-state index in [1.54, 1.807) is 0 Å². The van der Waals surface area contributed by atoms with Crippen LogP contribution in [0.3, 0.4) is 0 Å². The van der Waals surface area contributed by atoms with E-state index in [0.717, 1.165) is 12.1 Å². The minimum absolute atomic E-state index is 0.0444. The number of amides is 1. The van der Waals surface area contributed by atoms with Gasteiger partial charge < -0.3 is 10.2 Å². The number of carbonyl (C=O) groups is 1.